The lowest BCUT2D eigenvalue weighted by Gasteiger charge is -2.20. The van der Waals surface area contributed by atoms with E-state index in [1.54, 1.807) is 20.8 Å². The van der Waals surface area contributed by atoms with Crippen LogP contribution in [0.2, 0.25) is 0 Å². The number of carbonyl (C=O) groups is 1. The van der Waals surface area contributed by atoms with Crippen molar-refractivity contribution in [2.75, 3.05) is 0 Å². The van der Waals surface area contributed by atoms with E-state index in [0.29, 0.717) is 0 Å². The van der Waals surface area contributed by atoms with Gasteiger partial charge >= 0.3 is 5.97 Å². The lowest BCUT2D eigenvalue weighted by atomic mass is 10.1. The minimum Gasteiger partial charge on any atom is -0.456 e. The zero-order valence-corrected chi connectivity index (χ0v) is 13.5. The predicted molar refractivity (Wildman–Crippen MR) is 72.3 cm³/mol. The van der Waals surface area contributed by atoms with Crippen molar-refractivity contribution in [1.29, 1.82) is 0 Å². The molecule has 0 aromatic heterocycles. The van der Waals surface area contributed by atoms with Crippen LogP contribution in [0.25, 0.3) is 0 Å². The van der Waals surface area contributed by atoms with Gasteiger partial charge in [-0.3, -0.25) is 0 Å². The Morgan fingerprint density at radius 3 is 2.32 bits per heavy atom. The highest BCUT2D eigenvalue weighted by molar-refractivity contribution is 9.10. The van der Waals surface area contributed by atoms with Gasteiger partial charge in [-0.25, -0.2) is 17.6 Å². The molecular weight excluding hydrogens is 363 g/mol. The molecular formula is C11H11BrClFO4S. The van der Waals surface area contributed by atoms with E-state index in [9.17, 15) is 17.6 Å². The van der Waals surface area contributed by atoms with Crippen molar-refractivity contribution in [3.8, 4) is 0 Å². The first kappa shape index (κ1) is 16.4. The Labute approximate surface area is 123 Å². The summed E-state index contributed by atoms with van der Waals surface area (Å²) in [7, 11) is 0.991. The Bertz CT molecular complexity index is 622. The number of benzene rings is 1. The average molecular weight is 374 g/mol. The molecule has 0 radical (unpaired) electrons. The van der Waals surface area contributed by atoms with Crippen LogP contribution in [0.3, 0.4) is 0 Å². The Morgan fingerprint density at radius 2 is 1.89 bits per heavy atom. The summed E-state index contributed by atoms with van der Waals surface area (Å²) < 4.78 is 40.9. The van der Waals surface area contributed by atoms with Crippen LogP contribution in [0.5, 0.6) is 0 Å². The Morgan fingerprint density at radius 1 is 1.37 bits per heavy atom. The molecule has 106 valence electrons. The number of rotatable bonds is 2. The van der Waals surface area contributed by atoms with Crippen molar-refractivity contribution in [2.45, 2.75) is 31.3 Å². The number of halogens is 3. The molecule has 0 saturated heterocycles. The molecule has 0 aliphatic heterocycles. The highest BCUT2D eigenvalue weighted by Crippen LogP contribution is 2.30. The van der Waals surface area contributed by atoms with Gasteiger partial charge in [0.15, 0.2) is 0 Å². The molecule has 8 heteroatoms. The monoisotopic (exact) mass is 372 g/mol. The summed E-state index contributed by atoms with van der Waals surface area (Å²) in [6.45, 7) is 4.91. The molecule has 0 saturated carbocycles. The Balaban J connectivity index is 3.38. The van der Waals surface area contributed by atoms with E-state index in [1.165, 1.54) is 0 Å². The van der Waals surface area contributed by atoms with Gasteiger partial charge in [0.2, 0.25) is 0 Å². The number of carbonyl (C=O) groups excluding carboxylic acids is 1. The molecule has 1 aromatic carbocycles. The van der Waals surface area contributed by atoms with Crippen LogP contribution in [0.15, 0.2) is 21.5 Å². The van der Waals surface area contributed by atoms with Crippen molar-refractivity contribution >= 4 is 41.6 Å². The number of esters is 1. The maximum Gasteiger partial charge on any atom is 0.339 e. The number of hydrogen-bond donors (Lipinski definition) is 0. The van der Waals surface area contributed by atoms with Crippen LogP contribution in [0.4, 0.5) is 4.39 Å². The molecule has 0 fully saturated rings. The first-order valence-electron chi connectivity index (χ1n) is 5.09. The van der Waals surface area contributed by atoms with Crippen LogP contribution >= 0.6 is 26.6 Å². The van der Waals surface area contributed by atoms with E-state index in [-0.39, 0.29) is 10.0 Å². The van der Waals surface area contributed by atoms with Gasteiger partial charge in [-0.05, 0) is 48.8 Å². The summed E-state index contributed by atoms with van der Waals surface area (Å²) in [5, 5.41) is 0. The van der Waals surface area contributed by atoms with Crippen molar-refractivity contribution < 1.29 is 22.3 Å². The minimum atomic E-state index is -4.18. The number of ether oxygens (including phenoxy) is 1. The average Bonchev–Trinajstić information content (AvgIpc) is 2.16. The second-order valence-corrected chi connectivity index (χ2v) is 8.03. The van der Waals surface area contributed by atoms with Gasteiger partial charge in [-0.15, -0.1) is 0 Å². The third-order valence-corrected chi connectivity index (χ3v) is 4.35. The fourth-order valence-electron chi connectivity index (χ4n) is 1.22. The molecule has 0 atom stereocenters. The molecule has 0 N–H and O–H groups in total. The highest BCUT2D eigenvalue weighted by Gasteiger charge is 2.25. The van der Waals surface area contributed by atoms with Gasteiger partial charge in [-0.2, -0.15) is 0 Å². The van der Waals surface area contributed by atoms with Crippen LogP contribution in [-0.2, 0) is 13.8 Å². The van der Waals surface area contributed by atoms with Crippen LogP contribution in [-0.4, -0.2) is 20.0 Å². The quantitative estimate of drug-likeness (QED) is 0.588. The lowest BCUT2D eigenvalue weighted by Crippen LogP contribution is -2.24. The summed E-state index contributed by atoms with van der Waals surface area (Å²) in [5.41, 5.74) is -1.03. The first-order chi connectivity index (χ1) is 8.42. The van der Waals surface area contributed by atoms with Gasteiger partial charge in [0.1, 0.15) is 16.3 Å². The molecule has 0 bridgehead atoms. The van der Waals surface area contributed by atoms with E-state index in [1.807, 2.05) is 0 Å². The maximum absolute atomic E-state index is 13.4. The molecule has 0 aliphatic carbocycles. The third-order valence-electron chi connectivity index (χ3n) is 1.89. The molecule has 0 spiro atoms. The molecule has 0 unspecified atom stereocenters. The summed E-state index contributed by atoms with van der Waals surface area (Å²) in [5.74, 6) is -1.75. The van der Waals surface area contributed by atoms with Gasteiger partial charge in [0, 0.05) is 10.7 Å². The van der Waals surface area contributed by atoms with E-state index in [4.69, 9.17) is 15.4 Å². The normalized spacial score (nSPS) is 12.3. The molecule has 0 aliphatic rings. The van der Waals surface area contributed by atoms with Gasteiger partial charge < -0.3 is 4.74 Å². The Hall–Kier alpha value is -0.660. The van der Waals surface area contributed by atoms with Crippen LogP contribution < -0.4 is 0 Å². The van der Waals surface area contributed by atoms with E-state index < -0.39 is 31.3 Å². The number of hydrogen-bond acceptors (Lipinski definition) is 4. The maximum atomic E-state index is 13.4. The van der Waals surface area contributed by atoms with Crippen molar-refractivity contribution in [1.82, 2.24) is 0 Å². The standard InChI is InChI=1S/C11H11BrClFO4S/c1-11(2,3)18-10(15)7-4-6(14)5-8(9(7)12)19(13,16)17/h4-5H,1-3H3. The largest absolute Gasteiger partial charge is 0.456 e. The molecule has 0 amide bonds. The topological polar surface area (TPSA) is 60.4 Å². The fourth-order valence-corrected chi connectivity index (χ4v) is 3.48. The smallest absolute Gasteiger partial charge is 0.339 e. The molecule has 1 rings (SSSR count). The molecule has 1 aromatic rings. The van der Waals surface area contributed by atoms with Crippen LogP contribution in [0, 0.1) is 5.82 Å². The minimum absolute atomic E-state index is 0.127. The van der Waals surface area contributed by atoms with Gasteiger partial charge in [-0.1, -0.05) is 0 Å². The van der Waals surface area contributed by atoms with Gasteiger partial charge in [0.25, 0.3) is 9.05 Å². The van der Waals surface area contributed by atoms with E-state index in [0.717, 1.165) is 12.1 Å². The zero-order chi connectivity index (χ0) is 15.0. The van der Waals surface area contributed by atoms with Crippen molar-refractivity contribution in [3.63, 3.8) is 0 Å². The summed E-state index contributed by atoms with van der Waals surface area (Å²) in [4.78, 5) is 11.3. The third kappa shape index (κ3) is 4.43. The van der Waals surface area contributed by atoms with E-state index >= 15 is 0 Å². The molecule has 0 heterocycles. The highest BCUT2D eigenvalue weighted by atomic mass is 79.9. The Kier molecular flexibility index (Phi) is 4.64. The van der Waals surface area contributed by atoms with Gasteiger partial charge in [0.05, 0.1) is 10.0 Å². The second kappa shape index (κ2) is 5.38. The zero-order valence-electron chi connectivity index (χ0n) is 10.3. The lowest BCUT2D eigenvalue weighted by molar-refractivity contribution is 0.00676. The molecule has 4 nitrogen and oxygen atoms in total. The SMILES string of the molecule is CC(C)(C)OC(=O)c1cc(F)cc(S(=O)(=O)Cl)c1Br. The fraction of sp³-hybridized carbons (Fsp3) is 0.364. The van der Waals surface area contributed by atoms with Crippen molar-refractivity contribution in [2.24, 2.45) is 0 Å². The van der Waals surface area contributed by atoms with Crippen molar-refractivity contribution in [3.05, 3.63) is 28.0 Å². The molecule has 19 heavy (non-hydrogen) atoms. The summed E-state index contributed by atoms with van der Waals surface area (Å²) in [6, 6.07) is 1.60. The first-order valence-corrected chi connectivity index (χ1v) is 8.19. The summed E-state index contributed by atoms with van der Waals surface area (Å²) >= 11 is 2.93. The van der Waals surface area contributed by atoms with Crippen LogP contribution in [0.1, 0.15) is 31.1 Å². The predicted octanol–water partition coefficient (Wildman–Crippen LogP) is 3.47. The second-order valence-electron chi connectivity index (χ2n) is 4.71. The van der Waals surface area contributed by atoms with E-state index in [2.05, 4.69) is 15.9 Å². The summed E-state index contributed by atoms with van der Waals surface area (Å²) in [6.07, 6.45) is 0.